The van der Waals surface area contributed by atoms with Gasteiger partial charge in [-0.25, -0.2) is 0 Å². The van der Waals surface area contributed by atoms with Crippen molar-refractivity contribution in [2.24, 2.45) is 0 Å². The lowest BCUT2D eigenvalue weighted by Crippen LogP contribution is -3.16. The maximum Gasteiger partial charge on any atom is 0.287 e. The molecule has 3 rings (SSSR count). The van der Waals surface area contributed by atoms with E-state index in [4.69, 9.17) is 0 Å². The molecule has 142 valence electrons. The summed E-state index contributed by atoms with van der Waals surface area (Å²) in [5.74, 6) is 0.103. The first-order valence-electron chi connectivity index (χ1n) is 9.49. The molecular formula is C22H28N3O2+. The van der Waals surface area contributed by atoms with Crippen LogP contribution >= 0.6 is 0 Å². The molecule has 2 aromatic carbocycles. The average Bonchev–Trinajstić information content (AvgIpc) is 2.66. The first-order chi connectivity index (χ1) is 13.0. The smallest absolute Gasteiger partial charge is 0.287 e. The Bertz CT molecular complexity index is 812. The van der Waals surface area contributed by atoms with Gasteiger partial charge < -0.3 is 15.1 Å². The van der Waals surface area contributed by atoms with Crippen molar-refractivity contribution in [3.63, 3.8) is 0 Å². The lowest BCUT2D eigenvalue weighted by molar-refractivity contribution is -0.925. The van der Waals surface area contributed by atoms with Crippen molar-refractivity contribution in [2.45, 2.75) is 26.8 Å². The van der Waals surface area contributed by atoms with E-state index in [1.807, 2.05) is 67.3 Å². The van der Waals surface area contributed by atoms with Crippen molar-refractivity contribution in [2.75, 3.05) is 31.5 Å². The highest BCUT2D eigenvalue weighted by Crippen LogP contribution is 2.19. The molecule has 2 amide bonds. The van der Waals surface area contributed by atoms with Crippen LogP contribution in [0.3, 0.4) is 0 Å². The minimum absolute atomic E-state index is 0.00109. The standard InChI is InChI=1S/C22H27N3O2/c1-16-9-10-17(2)20(15-16)23-22(27)21(19-7-5-4-6-8-19)25-13-11-24(12-14-25)18(3)26/h4-10,15,21H,11-14H2,1-3H3,(H,23,27)/p+1/t21-/m0/s1. The summed E-state index contributed by atoms with van der Waals surface area (Å²) in [5.41, 5.74) is 4.04. The molecule has 1 saturated heterocycles. The second-order valence-electron chi connectivity index (χ2n) is 7.32. The number of aryl methyl sites for hydroxylation is 2. The topological polar surface area (TPSA) is 53.9 Å². The highest BCUT2D eigenvalue weighted by molar-refractivity contribution is 5.95. The quantitative estimate of drug-likeness (QED) is 0.866. The molecule has 1 atom stereocenters. The second kappa shape index (κ2) is 8.35. The Morgan fingerprint density at radius 2 is 1.70 bits per heavy atom. The van der Waals surface area contributed by atoms with Gasteiger partial charge >= 0.3 is 0 Å². The van der Waals surface area contributed by atoms with Gasteiger partial charge in [-0.2, -0.15) is 0 Å². The number of nitrogens with one attached hydrogen (secondary N) is 2. The molecule has 2 aromatic rings. The third kappa shape index (κ3) is 4.55. The zero-order chi connectivity index (χ0) is 19.4. The van der Waals surface area contributed by atoms with Crippen molar-refractivity contribution < 1.29 is 14.5 Å². The van der Waals surface area contributed by atoms with Gasteiger partial charge in [-0.3, -0.25) is 9.59 Å². The van der Waals surface area contributed by atoms with Gasteiger partial charge in [0.05, 0.1) is 26.2 Å². The Balaban J connectivity index is 1.83. The highest BCUT2D eigenvalue weighted by atomic mass is 16.2. The van der Waals surface area contributed by atoms with E-state index in [-0.39, 0.29) is 17.9 Å². The molecule has 0 unspecified atom stereocenters. The third-order valence-corrected chi connectivity index (χ3v) is 5.31. The molecule has 0 saturated carbocycles. The van der Waals surface area contributed by atoms with E-state index in [0.717, 1.165) is 35.5 Å². The number of quaternary nitrogens is 1. The van der Waals surface area contributed by atoms with Crippen molar-refractivity contribution in [3.8, 4) is 0 Å². The van der Waals surface area contributed by atoms with Crippen LogP contribution in [0.5, 0.6) is 0 Å². The largest absolute Gasteiger partial charge is 0.332 e. The molecule has 27 heavy (non-hydrogen) atoms. The second-order valence-corrected chi connectivity index (χ2v) is 7.32. The number of hydrogen-bond acceptors (Lipinski definition) is 2. The fourth-order valence-corrected chi connectivity index (χ4v) is 3.69. The zero-order valence-electron chi connectivity index (χ0n) is 16.3. The minimum Gasteiger partial charge on any atom is -0.332 e. The molecule has 0 aliphatic carbocycles. The number of benzene rings is 2. The highest BCUT2D eigenvalue weighted by Gasteiger charge is 2.34. The van der Waals surface area contributed by atoms with Crippen molar-refractivity contribution in [1.29, 1.82) is 0 Å². The van der Waals surface area contributed by atoms with Crippen LogP contribution in [0, 0.1) is 13.8 Å². The number of nitrogens with zero attached hydrogens (tertiary/aromatic N) is 1. The summed E-state index contributed by atoms with van der Waals surface area (Å²) >= 11 is 0. The van der Waals surface area contributed by atoms with Crippen LogP contribution in [-0.4, -0.2) is 42.9 Å². The maximum absolute atomic E-state index is 13.3. The summed E-state index contributed by atoms with van der Waals surface area (Å²) < 4.78 is 0. The van der Waals surface area contributed by atoms with Crippen LogP contribution in [-0.2, 0) is 9.59 Å². The summed E-state index contributed by atoms with van der Waals surface area (Å²) in [5, 5.41) is 3.14. The molecule has 0 aromatic heterocycles. The van der Waals surface area contributed by atoms with Gasteiger partial charge in [0.2, 0.25) is 5.91 Å². The minimum atomic E-state index is -0.291. The summed E-state index contributed by atoms with van der Waals surface area (Å²) in [7, 11) is 0. The lowest BCUT2D eigenvalue weighted by atomic mass is 10.0. The number of carbonyl (C=O) groups is 2. The Morgan fingerprint density at radius 1 is 1.04 bits per heavy atom. The van der Waals surface area contributed by atoms with Gasteiger partial charge in [0.25, 0.3) is 5.91 Å². The first kappa shape index (κ1) is 19.1. The molecule has 1 aliphatic heterocycles. The van der Waals surface area contributed by atoms with Gasteiger partial charge in [0, 0.05) is 18.2 Å². The maximum atomic E-state index is 13.3. The molecule has 1 fully saturated rings. The van der Waals surface area contributed by atoms with E-state index in [1.54, 1.807) is 6.92 Å². The fraction of sp³-hybridized carbons (Fsp3) is 0.364. The Labute approximate surface area is 161 Å². The first-order valence-corrected chi connectivity index (χ1v) is 9.49. The van der Waals surface area contributed by atoms with Crippen LogP contribution in [0.4, 0.5) is 5.69 Å². The number of amides is 2. The van der Waals surface area contributed by atoms with Gasteiger partial charge in [0.15, 0.2) is 6.04 Å². The van der Waals surface area contributed by atoms with Crippen molar-refractivity contribution >= 4 is 17.5 Å². The molecule has 0 bridgehead atoms. The molecule has 5 nitrogen and oxygen atoms in total. The zero-order valence-corrected chi connectivity index (χ0v) is 16.3. The van der Waals surface area contributed by atoms with E-state index >= 15 is 0 Å². The number of rotatable bonds is 4. The lowest BCUT2D eigenvalue weighted by Gasteiger charge is -2.35. The van der Waals surface area contributed by atoms with Gasteiger partial charge in [0.1, 0.15) is 0 Å². The van der Waals surface area contributed by atoms with E-state index in [1.165, 1.54) is 4.90 Å². The van der Waals surface area contributed by atoms with E-state index in [0.29, 0.717) is 13.1 Å². The molecule has 1 heterocycles. The van der Waals surface area contributed by atoms with E-state index < -0.39 is 0 Å². The molecule has 1 aliphatic rings. The van der Waals surface area contributed by atoms with Gasteiger partial charge in [-0.05, 0) is 31.0 Å². The van der Waals surface area contributed by atoms with Crippen molar-refractivity contribution in [3.05, 3.63) is 65.2 Å². The van der Waals surface area contributed by atoms with Crippen LogP contribution < -0.4 is 10.2 Å². The van der Waals surface area contributed by atoms with E-state index in [2.05, 4.69) is 5.32 Å². The molecule has 5 heteroatoms. The van der Waals surface area contributed by atoms with Gasteiger partial charge in [-0.15, -0.1) is 0 Å². The summed E-state index contributed by atoms with van der Waals surface area (Å²) in [6.07, 6.45) is 0. The van der Waals surface area contributed by atoms with E-state index in [9.17, 15) is 9.59 Å². The summed E-state index contributed by atoms with van der Waals surface area (Å²) in [6, 6.07) is 15.7. The molecular weight excluding hydrogens is 338 g/mol. The Hall–Kier alpha value is -2.66. The Kier molecular flexibility index (Phi) is 5.91. The predicted molar refractivity (Wildman–Crippen MR) is 107 cm³/mol. The number of piperazine rings is 1. The average molecular weight is 366 g/mol. The number of anilines is 1. The van der Waals surface area contributed by atoms with Gasteiger partial charge in [-0.1, -0.05) is 42.5 Å². The predicted octanol–water partition coefficient (Wildman–Crippen LogP) is 1.73. The SMILES string of the molecule is CC(=O)N1CC[NH+]([C@H](C(=O)Nc2cc(C)ccc2C)c2ccccc2)CC1. The molecule has 2 N–H and O–H groups in total. The summed E-state index contributed by atoms with van der Waals surface area (Å²) in [6.45, 7) is 8.53. The Morgan fingerprint density at radius 3 is 2.33 bits per heavy atom. The monoisotopic (exact) mass is 366 g/mol. The summed E-state index contributed by atoms with van der Waals surface area (Å²) in [4.78, 5) is 28.0. The number of hydrogen-bond donors (Lipinski definition) is 2. The molecule has 0 radical (unpaired) electrons. The third-order valence-electron chi connectivity index (χ3n) is 5.31. The van der Waals surface area contributed by atoms with Crippen LogP contribution in [0.15, 0.2) is 48.5 Å². The normalized spacial score (nSPS) is 16.0. The van der Waals surface area contributed by atoms with Crippen molar-refractivity contribution in [1.82, 2.24) is 4.90 Å². The van der Waals surface area contributed by atoms with Crippen LogP contribution in [0.2, 0.25) is 0 Å². The fourth-order valence-electron chi connectivity index (χ4n) is 3.69. The number of carbonyl (C=O) groups excluding carboxylic acids is 2. The van der Waals surface area contributed by atoms with Crippen LogP contribution in [0.1, 0.15) is 29.7 Å². The molecule has 0 spiro atoms. The van der Waals surface area contributed by atoms with Crippen LogP contribution in [0.25, 0.3) is 0 Å².